The molecule has 62 heavy (non-hydrogen) atoms. The molecule has 12 aromatic carbocycles. The molecule has 0 aliphatic carbocycles. The second-order valence-corrected chi connectivity index (χ2v) is 16.5. The van der Waals surface area contributed by atoms with Crippen LogP contribution in [0.1, 0.15) is 0 Å². The Kier molecular flexibility index (Phi) is 8.61. The molecule has 0 aromatic heterocycles. The van der Waals surface area contributed by atoms with E-state index in [9.17, 15) is 0 Å². The van der Waals surface area contributed by atoms with Gasteiger partial charge in [-0.15, -0.1) is 0 Å². The van der Waals surface area contributed by atoms with Gasteiger partial charge in [0, 0.05) is 0 Å². The Morgan fingerprint density at radius 3 is 0.790 bits per heavy atom. The maximum Gasteiger partial charge on any atom is -0.00928 e. The first-order chi connectivity index (χ1) is 30.7. The lowest BCUT2D eigenvalue weighted by atomic mass is 9.88. The standard InChI is InChI=1S/C62H40/c1-5-13-41(14-6-1)47-23-27-53-39-57(55-31-29-49(37-61(55)59(53)35-47)43-17-9-3-10-18-43)51-25-21-46-34-52(26-22-45(46)33-51)58-40-54-28-24-48(42-15-7-2-8-16-42)36-60(54)62-38-50(30-32-56(58)62)44-19-11-4-12-20-44/h1-40H. The van der Waals surface area contributed by atoms with Crippen LogP contribution in [0.4, 0.5) is 0 Å². The van der Waals surface area contributed by atoms with E-state index in [0.717, 1.165) is 0 Å². The smallest absolute Gasteiger partial charge is 0.00928 e. The summed E-state index contributed by atoms with van der Waals surface area (Å²) in [5.74, 6) is 0. The first-order valence-corrected chi connectivity index (χ1v) is 21.5. The molecule has 0 radical (unpaired) electrons. The molecule has 0 aliphatic rings. The molecule has 0 nitrogen and oxygen atoms in total. The minimum Gasteiger partial charge on any atom is -0.0622 e. The molecule has 0 heterocycles. The van der Waals surface area contributed by atoms with Crippen LogP contribution in [0.15, 0.2) is 243 Å². The van der Waals surface area contributed by atoms with Gasteiger partial charge in [0.1, 0.15) is 0 Å². The van der Waals surface area contributed by atoms with Crippen molar-refractivity contribution in [2.24, 2.45) is 0 Å². The normalized spacial score (nSPS) is 11.5. The van der Waals surface area contributed by atoms with Gasteiger partial charge in [0.2, 0.25) is 0 Å². The highest BCUT2D eigenvalue weighted by molar-refractivity contribution is 6.17. The van der Waals surface area contributed by atoms with Gasteiger partial charge < -0.3 is 0 Å². The fraction of sp³-hybridized carbons (Fsp3) is 0. The van der Waals surface area contributed by atoms with Crippen molar-refractivity contribution >= 4 is 53.9 Å². The van der Waals surface area contributed by atoms with E-state index in [1.807, 2.05) is 0 Å². The van der Waals surface area contributed by atoms with Gasteiger partial charge in [0.05, 0.1) is 0 Å². The average molecular weight is 785 g/mol. The number of hydrogen-bond acceptors (Lipinski definition) is 0. The third kappa shape index (κ3) is 6.33. The first kappa shape index (κ1) is 35.8. The molecule has 0 bridgehead atoms. The van der Waals surface area contributed by atoms with Gasteiger partial charge in [0.25, 0.3) is 0 Å². The van der Waals surface area contributed by atoms with Crippen LogP contribution in [0, 0.1) is 0 Å². The molecule has 288 valence electrons. The van der Waals surface area contributed by atoms with Crippen LogP contribution < -0.4 is 0 Å². The summed E-state index contributed by atoms with van der Waals surface area (Å²) in [6.07, 6.45) is 0. The van der Waals surface area contributed by atoms with E-state index in [2.05, 4.69) is 243 Å². The molecule has 0 aliphatic heterocycles. The zero-order chi connectivity index (χ0) is 41.0. The van der Waals surface area contributed by atoms with Crippen molar-refractivity contribution in [3.8, 4) is 66.8 Å². The highest BCUT2D eigenvalue weighted by Gasteiger charge is 2.15. The summed E-state index contributed by atoms with van der Waals surface area (Å²) in [4.78, 5) is 0. The number of benzene rings is 12. The molecule has 12 aromatic rings. The first-order valence-electron chi connectivity index (χ1n) is 21.5. The minimum atomic E-state index is 1.22. The maximum atomic E-state index is 2.39. The molecular formula is C62H40. The van der Waals surface area contributed by atoms with E-state index in [1.54, 1.807) is 0 Å². The van der Waals surface area contributed by atoms with Crippen LogP contribution in [-0.2, 0) is 0 Å². The zero-order valence-electron chi connectivity index (χ0n) is 34.1. The second kappa shape index (κ2) is 14.9. The molecule has 0 N–H and O–H groups in total. The largest absolute Gasteiger partial charge is 0.0622 e. The lowest BCUT2D eigenvalue weighted by Gasteiger charge is -2.16. The predicted molar refractivity (Wildman–Crippen MR) is 267 cm³/mol. The van der Waals surface area contributed by atoms with Crippen molar-refractivity contribution in [1.82, 2.24) is 0 Å². The van der Waals surface area contributed by atoms with Crippen LogP contribution in [0.2, 0.25) is 0 Å². The monoisotopic (exact) mass is 784 g/mol. The zero-order valence-corrected chi connectivity index (χ0v) is 34.1. The van der Waals surface area contributed by atoms with Crippen LogP contribution in [0.3, 0.4) is 0 Å². The van der Waals surface area contributed by atoms with Crippen LogP contribution >= 0.6 is 0 Å². The van der Waals surface area contributed by atoms with Crippen LogP contribution in [-0.4, -0.2) is 0 Å². The number of hydrogen-bond donors (Lipinski definition) is 0. The predicted octanol–water partition coefficient (Wildman–Crippen LogP) is 17.5. The average Bonchev–Trinajstić information content (AvgIpc) is 3.36. The van der Waals surface area contributed by atoms with Gasteiger partial charge in [-0.3, -0.25) is 0 Å². The van der Waals surface area contributed by atoms with Crippen LogP contribution in [0.25, 0.3) is 121 Å². The highest BCUT2D eigenvalue weighted by atomic mass is 14.2. The molecule has 0 amide bonds. The Labute approximate surface area is 361 Å². The number of rotatable bonds is 6. The molecule has 0 atom stereocenters. The Bertz CT molecular complexity index is 3400. The van der Waals surface area contributed by atoms with E-state index in [-0.39, 0.29) is 0 Å². The van der Waals surface area contributed by atoms with Crippen molar-refractivity contribution in [3.63, 3.8) is 0 Å². The third-order valence-electron chi connectivity index (χ3n) is 12.8. The summed E-state index contributed by atoms with van der Waals surface area (Å²) in [5.41, 5.74) is 14.7. The molecule has 0 saturated carbocycles. The molecule has 0 saturated heterocycles. The topological polar surface area (TPSA) is 0 Å². The van der Waals surface area contributed by atoms with Gasteiger partial charge in [0.15, 0.2) is 0 Å². The number of fused-ring (bicyclic) bond motifs is 7. The van der Waals surface area contributed by atoms with Gasteiger partial charge in [-0.2, -0.15) is 0 Å². The summed E-state index contributed by atoms with van der Waals surface area (Å²) >= 11 is 0. The van der Waals surface area contributed by atoms with E-state index < -0.39 is 0 Å². The van der Waals surface area contributed by atoms with Gasteiger partial charge in [-0.1, -0.05) is 194 Å². The summed E-state index contributed by atoms with van der Waals surface area (Å²) in [6.45, 7) is 0. The summed E-state index contributed by atoms with van der Waals surface area (Å²) in [6, 6.07) is 89.4. The van der Waals surface area contributed by atoms with Crippen molar-refractivity contribution in [2.75, 3.05) is 0 Å². The third-order valence-corrected chi connectivity index (χ3v) is 12.8. The Morgan fingerprint density at radius 1 is 0.145 bits per heavy atom. The van der Waals surface area contributed by atoms with Gasteiger partial charge in [-0.05, 0) is 169 Å². The second-order valence-electron chi connectivity index (χ2n) is 16.5. The van der Waals surface area contributed by atoms with Crippen molar-refractivity contribution in [2.45, 2.75) is 0 Å². The molecule has 0 unspecified atom stereocenters. The van der Waals surface area contributed by atoms with E-state index >= 15 is 0 Å². The summed E-state index contributed by atoms with van der Waals surface area (Å²) in [5, 5.41) is 12.5. The van der Waals surface area contributed by atoms with E-state index in [1.165, 1.54) is 121 Å². The van der Waals surface area contributed by atoms with E-state index in [0.29, 0.717) is 0 Å². The lowest BCUT2D eigenvalue weighted by molar-refractivity contribution is 1.63. The Hall–Kier alpha value is -8.06. The highest BCUT2D eigenvalue weighted by Crippen LogP contribution is 2.42. The molecular weight excluding hydrogens is 745 g/mol. The molecule has 0 spiro atoms. The fourth-order valence-corrected chi connectivity index (χ4v) is 9.60. The SMILES string of the molecule is c1ccc(-c2ccc3cc(-c4ccc5cc(-c6cc7ccc(-c8ccccc8)cc7c7cc(-c8ccccc8)ccc67)ccc5c4)c4ccc(-c5ccccc5)cc4c3c2)cc1. The quantitative estimate of drug-likeness (QED) is 0.147. The van der Waals surface area contributed by atoms with Gasteiger partial charge in [-0.25, -0.2) is 0 Å². The Balaban J connectivity index is 0.995. The van der Waals surface area contributed by atoms with Gasteiger partial charge >= 0.3 is 0 Å². The maximum absolute atomic E-state index is 2.39. The molecule has 0 fully saturated rings. The van der Waals surface area contributed by atoms with Crippen LogP contribution in [0.5, 0.6) is 0 Å². The van der Waals surface area contributed by atoms with Crippen molar-refractivity contribution in [3.05, 3.63) is 243 Å². The molecule has 12 rings (SSSR count). The lowest BCUT2D eigenvalue weighted by Crippen LogP contribution is -1.89. The molecule has 0 heteroatoms. The minimum absolute atomic E-state index is 1.22. The summed E-state index contributed by atoms with van der Waals surface area (Å²) < 4.78 is 0. The van der Waals surface area contributed by atoms with Crippen molar-refractivity contribution < 1.29 is 0 Å². The Morgan fingerprint density at radius 2 is 0.435 bits per heavy atom. The summed E-state index contributed by atoms with van der Waals surface area (Å²) in [7, 11) is 0. The van der Waals surface area contributed by atoms with Crippen molar-refractivity contribution in [1.29, 1.82) is 0 Å². The van der Waals surface area contributed by atoms with E-state index in [4.69, 9.17) is 0 Å². The fourth-order valence-electron chi connectivity index (χ4n) is 9.60.